The lowest BCUT2D eigenvalue weighted by molar-refractivity contribution is 0.119. The maximum Gasteiger partial charge on any atom is 0.148 e. The Kier molecular flexibility index (Phi) is 6.19. The maximum atomic E-state index is 9.97. The standard InChI is InChI=1S/C29H30N4O3/c1-17-8-13-25(35-16-20-9-11-21(34-4)12-10-20)18(2)27(17)33-28(31)24(15-30)23-14-26(19(3)32-29(23)33)36-22-6-5-7-22/h8-14,22H,5-7,16,31H2,1-4H3. The van der Waals surface area contributed by atoms with Gasteiger partial charge in [0.2, 0.25) is 0 Å². The molecule has 1 saturated carbocycles. The quantitative estimate of drug-likeness (QED) is 0.351. The predicted octanol–water partition coefficient (Wildman–Crippen LogP) is 5.92. The molecule has 0 spiro atoms. The van der Waals surface area contributed by atoms with Crippen LogP contribution in [0.2, 0.25) is 0 Å². The molecule has 2 N–H and O–H groups in total. The fourth-order valence-electron chi connectivity index (χ4n) is 4.62. The third kappa shape index (κ3) is 4.09. The van der Waals surface area contributed by atoms with E-state index >= 15 is 0 Å². The molecule has 7 nitrogen and oxygen atoms in total. The number of nitrogens with two attached hydrogens (primary N) is 1. The van der Waals surface area contributed by atoms with Crippen molar-refractivity contribution in [1.29, 1.82) is 5.26 Å². The number of hydrogen-bond acceptors (Lipinski definition) is 6. The monoisotopic (exact) mass is 482 g/mol. The lowest BCUT2D eigenvalue weighted by Gasteiger charge is -2.27. The SMILES string of the molecule is COc1ccc(COc2ccc(C)c(-n3c(N)c(C#N)c4cc(OC5CCC5)c(C)nc43)c2C)cc1. The largest absolute Gasteiger partial charge is 0.497 e. The lowest BCUT2D eigenvalue weighted by atomic mass is 9.96. The number of nitrogens with zero attached hydrogens (tertiary/aromatic N) is 3. The van der Waals surface area contributed by atoms with Gasteiger partial charge in [0.1, 0.15) is 47.0 Å². The highest BCUT2D eigenvalue weighted by Crippen LogP contribution is 2.38. The molecule has 1 aliphatic carbocycles. The molecule has 0 bridgehead atoms. The van der Waals surface area contributed by atoms with Gasteiger partial charge in [-0.05, 0) is 75.4 Å². The fourth-order valence-corrected chi connectivity index (χ4v) is 4.62. The second kappa shape index (κ2) is 9.46. The van der Waals surface area contributed by atoms with Gasteiger partial charge in [0, 0.05) is 10.9 Å². The van der Waals surface area contributed by atoms with Crippen molar-refractivity contribution in [3.63, 3.8) is 0 Å². The van der Waals surface area contributed by atoms with E-state index in [0.717, 1.165) is 52.4 Å². The highest BCUT2D eigenvalue weighted by atomic mass is 16.5. The highest BCUT2D eigenvalue weighted by molar-refractivity contribution is 5.93. The molecule has 0 aliphatic heterocycles. The van der Waals surface area contributed by atoms with Crippen LogP contribution < -0.4 is 19.9 Å². The molecule has 5 rings (SSSR count). The Bertz CT molecular complexity index is 1480. The summed E-state index contributed by atoms with van der Waals surface area (Å²) in [6, 6.07) is 16.0. The van der Waals surface area contributed by atoms with Crippen LogP contribution in [0.4, 0.5) is 5.82 Å². The number of methoxy groups -OCH3 is 1. The van der Waals surface area contributed by atoms with Gasteiger partial charge in [-0.1, -0.05) is 18.2 Å². The number of aryl methyl sites for hydroxylation is 2. The summed E-state index contributed by atoms with van der Waals surface area (Å²) >= 11 is 0. The average molecular weight is 483 g/mol. The van der Waals surface area contributed by atoms with Crippen LogP contribution >= 0.6 is 0 Å². The first-order valence-corrected chi connectivity index (χ1v) is 12.2. The number of aromatic nitrogens is 2. The van der Waals surface area contributed by atoms with E-state index in [9.17, 15) is 5.26 Å². The molecular formula is C29H30N4O3. The van der Waals surface area contributed by atoms with Gasteiger partial charge in [-0.25, -0.2) is 4.98 Å². The molecule has 0 saturated heterocycles. The zero-order valence-corrected chi connectivity index (χ0v) is 21.1. The Balaban J connectivity index is 1.56. The summed E-state index contributed by atoms with van der Waals surface area (Å²) in [5.41, 5.74) is 12.2. The topological polar surface area (TPSA) is 95.3 Å². The van der Waals surface area contributed by atoms with Gasteiger partial charge in [0.05, 0.1) is 24.6 Å². The minimum absolute atomic E-state index is 0.219. The Hall–Kier alpha value is -4.18. The van der Waals surface area contributed by atoms with Crippen molar-refractivity contribution in [2.45, 2.75) is 52.7 Å². The van der Waals surface area contributed by atoms with Gasteiger partial charge in [0.15, 0.2) is 0 Å². The van der Waals surface area contributed by atoms with E-state index in [1.807, 2.05) is 67.8 Å². The first-order valence-electron chi connectivity index (χ1n) is 12.2. The average Bonchev–Trinajstić information content (AvgIpc) is 3.11. The van der Waals surface area contributed by atoms with Gasteiger partial charge in [-0.15, -0.1) is 0 Å². The maximum absolute atomic E-state index is 9.97. The molecule has 2 aromatic heterocycles. The van der Waals surface area contributed by atoms with E-state index in [1.54, 1.807) is 7.11 Å². The van der Waals surface area contributed by atoms with E-state index in [0.29, 0.717) is 34.8 Å². The van der Waals surface area contributed by atoms with Crippen LogP contribution in [0.15, 0.2) is 42.5 Å². The van der Waals surface area contributed by atoms with Crippen molar-refractivity contribution < 1.29 is 14.2 Å². The minimum Gasteiger partial charge on any atom is -0.497 e. The van der Waals surface area contributed by atoms with E-state index in [4.69, 9.17) is 24.9 Å². The molecule has 2 heterocycles. The molecule has 36 heavy (non-hydrogen) atoms. The normalized spacial score (nSPS) is 13.3. The summed E-state index contributed by atoms with van der Waals surface area (Å²) in [4.78, 5) is 4.87. The Morgan fingerprint density at radius 1 is 1.08 bits per heavy atom. The summed E-state index contributed by atoms with van der Waals surface area (Å²) < 4.78 is 19.5. The summed E-state index contributed by atoms with van der Waals surface area (Å²) in [7, 11) is 1.65. The number of rotatable bonds is 7. The molecule has 1 fully saturated rings. The van der Waals surface area contributed by atoms with Crippen LogP contribution in [-0.4, -0.2) is 22.8 Å². The van der Waals surface area contributed by atoms with E-state index in [1.165, 1.54) is 6.42 Å². The summed E-state index contributed by atoms with van der Waals surface area (Å²) in [6.07, 6.45) is 3.50. The van der Waals surface area contributed by atoms with Crippen molar-refractivity contribution in [2.24, 2.45) is 0 Å². The van der Waals surface area contributed by atoms with E-state index < -0.39 is 0 Å². The van der Waals surface area contributed by atoms with Crippen molar-refractivity contribution in [3.8, 4) is 29.0 Å². The fraction of sp³-hybridized carbons (Fsp3) is 0.310. The number of pyridine rings is 1. The van der Waals surface area contributed by atoms with Gasteiger partial charge >= 0.3 is 0 Å². The summed E-state index contributed by atoms with van der Waals surface area (Å²) in [5.74, 6) is 2.62. The minimum atomic E-state index is 0.219. The molecule has 7 heteroatoms. The molecule has 184 valence electrons. The number of benzene rings is 2. The van der Waals surface area contributed by atoms with Crippen LogP contribution in [0.25, 0.3) is 16.7 Å². The van der Waals surface area contributed by atoms with Gasteiger partial charge in [0.25, 0.3) is 0 Å². The van der Waals surface area contributed by atoms with Crippen LogP contribution in [-0.2, 0) is 6.61 Å². The second-order valence-corrected chi connectivity index (χ2v) is 9.31. The first kappa shape index (κ1) is 23.6. The van der Waals surface area contributed by atoms with Gasteiger partial charge in [-0.3, -0.25) is 4.57 Å². The molecule has 0 radical (unpaired) electrons. The van der Waals surface area contributed by atoms with Crippen molar-refractivity contribution in [2.75, 3.05) is 12.8 Å². The highest BCUT2D eigenvalue weighted by Gasteiger charge is 2.25. The Morgan fingerprint density at radius 2 is 1.83 bits per heavy atom. The smallest absolute Gasteiger partial charge is 0.148 e. The number of nitriles is 1. The predicted molar refractivity (Wildman–Crippen MR) is 140 cm³/mol. The number of ether oxygens (including phenoxy) is 3. The number of anilines is 1. The number of nitrogen functional groups attached to an aromatic ring is 1. The zero-order valence-electron chi connectivity index (χ0n) is 21.1. The Labute approximate surface area is 211 Å². The molecule has 1 aliphatic rings. The van der Waals surface area contributed by atoms with Gasteiger partial charge < -0.3 is 19.9 Å². The third-order valence-corrected chi connectivity index (χ3v) is 6.94. The molecule has 0 unspecified atom stereocenters. The van der Waals surface area contributed by atoms with Crippen LogP contribution in [0.1, 0.15) is 47.2 Å². The molecule has 4 aromatic rings. The van der Waals surface area contributed by atoms with Gasteiger partial charge in [-0.2, -0.15) is 5.26 Å². The van der Waals surface area contributed by atoms with Crippen molar-refractivity contribution in [1.82, 2.24) is 9.55 Å². The summed E-state index contributed by atoms with van der Waals surface area (Å²) in [5, 5.41) is 10.7. The molecule has 0 atom stereocenters. The third-order valence-electron chi connectivity index (χ3n) is 6.94. The van der Waals surface area contributed by atoms with E-state index in [-0.39, 0.29) is 6.10 Å². The van der Waals surface area contributed by atoms with Crippen molar-refractivity contribution in [3.05, 3.63) is 70.4 Å². The number of fused-ring (bicyclic) bond motifs is 1. The van der Waals surface area contributed by atoms with Crippen LogP contribution in [0.5, 0.6) is 17.2 Å². The number of hydrogen-bond donors (Lipinski definition) is 1. The zero-order chi connectivity index (χ0) is 25.4. The lowest BCUT2D eigenvalue weighted by Crippen LogP contribution is -2.25. The second-order valence-electron chi connectivity index (χ2n) is 9.31. The van der Waals surface area contributed by atoms with Crippen LogP contribution in [0.3, 0.4) is 0 Å². The van der Waals surface area contributed by atoms with Crippen molar-refractivity contribution >= 4 is 16.9 Å². The molecule has 2 aromatic carbocycles. The first-order chi connectivity index (χ1) is 17.4. The summed E-state index contributed by atoms with van der Waals surface area (Å²) in [6.45, 7) is 6.37. The molecule has 0 amide bonds. The molecular weight excluding hydrogens is 452 g/mol. The van der Waals surface area contributed by atoms with E-state index in [2.05, 4.69) is 6.07 Å². The van der Waals surface area contributed by atoms with Crippen LogP contribution in [0, 0.1) is 32.1 Å². The Morgan fingerprint density at radius 3 is 2.47 bits per heavy atom.